The summed E-state index contributed by atoms with van der Waals surface area (Å²) in [6.45, 7) is 3.78. The summed E-state index contributed by atoms with van der Waals surface area (Å²) in [6, 6.07) is 15.9. The van der Waals surface area contributed by atoms with E-state index < -0.39 is 24.0 Å². The summed E-state index contributed by atoms with van der Waals surface area (Å²) in [5.74, 6) is -1.70. The van der Waals surface area contributed by atoms with Gasteiger partial charge in [0.25, 0.3) is 0 Å². The van der Waals surface area contributed by atoms with E-state index in [4.69, 9.17) is 9.84 Å². The summed E-state index contributed by atoms with van der Waals surface area (Å²) in [7, 11) is 0. The molecule has 2 aromatic rings. The van der Waals surface area contributed by atoms with Crippen molar-refractivity contribution in [2.24, 2.45) is 11.8 Å². The first kappa shape index (κ1) is 23.8. The Bertz CT molecular complexity index is 1010. The molecule has 7 nitrogen and oxygen atoms in total. The van der Waals surface area contributed by atoms with Gasteiger partial charge in [-0.25, -0.2) is 4.79 Å². The average Bonchev–Trinajstić information content (AvgIpc) is 3.16. The van der Waals surface area contributed by atoms with Gasteiger partial charge in [-0.15, -0.1) is 0 Å². The smallest absolute Gasteiger partial charge is 0.407 e. The molecule has 0 radical (unpaired) electrons. The Morgan fingerprint density at radius 1 is 0.941 bits per heavy atom. The number of carboxylic acid groups (broad SMARTS) is 1. The fourth-order valence-electron chi connectivity index (χ4n) is 5.00. The molecule has 1 saturated carbocycles. The Balaban J connectivity index is 1.27. The molecule has 1 fully saturated rings. The Morgan fingerprint density at radius 3 is 2.06 bits per heavy atom. The second-order valence-electron chi connectivity index (χ2n) is 9.44. The van der Waals surface area contributed by atoms with Crippen LogP contribution in [0.2, 0.25) is 0 Å². The maximum atomic E-state index is 12.7. The molecule has 4 rings (SSSR count). The monoisotopic (exact) mass is 464 g/mol. The van der Waals surface area contributed by atoms with Gasteiger partial charge in [-0.05, 0) is 54.9 Å². The zero-order valence-electron chi connectivity index (χ0n) is 19.6. The topological polar surface area (TPSA) is 105 Å². The molecular formula is C27H32N2O5. The van der Waals surface area contributed by atoms with Gasteiger partial charge in [0.1, 0.15) is 6.61 Å². The highest BCUT2D eigenvalue weighted by Gasteiger charge is 2.31. The van der Waals surface area contributed by atoms with E-state index >= 15 is 0 Å². The average molecular weight is 465 g/mol. The third-order valence-corrected chi connectivity index (χ3v) is 7.28. The molecule has 3 N–H and O–H groups in total. The fourth-order valence-corrected chi connectivity index (χ4v) is 5.00. The second kappa shape index (κ2) is 10.3. The SMILES string of the molecule is CC(NC(=O)OCC1c2ccccc2-c2ccccc21)C(C)C(=O)NC1CCC(C(=O)O)CC1. The zero-order valence-corrected chi connectivity index (χ0v) is 19.6. The van der Waals surface area contributed by atoms with Gasteiger partial charge >= 0.3 is 12.1 Å². The van der Waals surface area contributed by atoms with Crippen molar-refractivity contribution in [2.75, 3.05) is 6.61 Å². The molecular weight excluding hydrogens is 432 g/mol. The van der Waals surface area contributed by atoms with Crippen LogP contribution in [0.25, 0.3) is 11.1 Å². The third kappa shape index (κ3) is 5.08. The molecule has 0 aliphatic heterocycles. The van der Waals surface area contributed by atoms with Gasteiger partial charge < -0.3 is 20.5 Å². The van der Waals surface area contributed by atoms with E-state index in [2.05, 4.69) is 34.9 Å². The maximum Gasteiger partial charge on any atom is 0.407 e. The molecule has 2 aliphatic rings. The van der Waals surface area contributed by atoms with Crippen LogP contribution < -0.4 is 10.6 Å². The molecule has 2 amide bonds. The molecule has 0 saturated heterocycles. The number of rotatable bonds is 7. The lowest BCUT2D eigenvalue weighted by Gasteiger charge is -2.29. The number of alkyl carbamates (subject to hydrolysis) is 1. The molecule has 180 valence electrons. The van der Waals surface area contributed by atoms with Gasteiger partial charge in [0.05, 0.1) is 11.8 Å². The summed E-state index contributed by atoms with van der Waals surface area (Å²) in [6.07, 6.45) is 1.91. The number of hydrogen-bond donors (Lipinski definition) is 3. The maximum absolute atomic E-state index is 12.7. The summed E-state index contributed by atoms with van der Waals surface area (Å²) < 4.78 is 5.59. The summed E-state index contributed by atoms with van der Waals surface area (Å²) in [5, 5.41) is 14.9. The minimum absolute atomic E-state index is 0.0184. The highest BCUT2D eigenvalue weighted by molar-refractivity contribution is 5.81. The predicted octanol–water partition coefficient (Wildman–Crippen LogP) is 4.31. The Kier molecular flexibility index (Phi) is 7.20. The van der Waals surface area contributed by atoms with Crippen LogP contribution in [0.1, 0.15) is 56.6 Å². The highest BCUT2D eigenvalue weighted by atomic mass is 16.5. The summed E-state index contributed by atoms with van der Waals surface area (Å²) in [4.78, 5) is 36.3. The largest absolute Gasteiger partial charge is 0.481 e. The molecule has 2 aliphatic carbocycles. The van der Waals surface area contributed by atoms with E-state index in [-0.39, 0.29) is 30.4 Å². The summed E-state index contributed by atoms with van der Waals surface area (Å²) >= 11 is 0. The number of nitrogens with one attached hydrogen (secondary N) is 2. The van der Waals surface area contributed by atoms with Gasteiger partial charge in [0, 0.05) is 18.0 Å². The van der Waals surface area contributed by atoms with E-state index in [0.717, 1.165) is 11.1 Å². The fraction of sp³-hybridized carbons (Fsp3) is 0.444. The number of fused-ring (bicyclic) bond motifs is 3. The summed E-state index contributed by atoms with van der Waals surface area (Å²) in [5.41, 5.74) is 4.64. The number of carbonyl (C=O) groups excluding carboxylic acids is 2. The predicted molar refractivity (Wildman–Crippen MR) is 128 cm³/mol. The first-order valence-corrected chi connectivity index (χ1v) is 12.0. The number of amides is 2. The van der Waals surface area contributed by atoms with Gasteiger partial charge in [-0.2, -0.15) is 0 Å². The van der Waals surface area contributed by atoms with Crippen molar-refractivity contribution in [3.05, 3.63) is 59.7 Å². The molecule has 0 heterocycles. The van der Waals surface area contributed by atoms with E-state index in [9.17, 15) is 14.4 Å². The molecule has 34 heavy (non-hydrogen) atoms. The van der Waals surface area contributed by atoms with Crippen molar-refractivity contribution >= 4 is 18.0 Å². The van der Waals surface area contributed by atoms with Crippen LogP contribution in [-0.2, 0) is 14.3 Å². The van der Waals surface area contributed by atoms with E-state index in [1.165, 1.54) is 11.1 Å². The van der Waals surface area contributed by atoms with Crippen LogP contribution in [0.15, 0.2) is 48.5 Å². The third-order valence-electron chi connectivity index (χ3n) is 7.28. The first-order valence-electron chi connectivity index (χ1n) is 12.0. The molecule has 0 spiro atoms. The standard InChI is InChI=1S/C27H32N2O5/c1-16(25(30)29-19-13-11-18(12-14-19)26(31)32)17(2)28-27(33)34-15-24-22-9-5-3-7-20(22)21-8-4-6-10-23(21)24/h3-10,16-19,24H,11-15H2,1-2H3,(H,28,33)(H,29,30)(H,31,32). The van der Waals surface area contributed by atoms with Crippen LogP contribution >= 0.6 is 0 Å². The van der Waals surface area contributed by atoms with E-state index in [1.807, 2.05) is 24.3 Å². The van der Waals surface area contributed by atoms with E-state index in [0.29, 0.717) is 25.7 Å². The zero-order chi connectivity index (χ0) is 24.2. The molecule has 7 heteroatoms. The number of hydrogen-bond acceptors (Lipinski definition) is 4. The lowest BCUT2D eigenvalue weighted by atomic mass is 9.86. The quantitative estimate of drug-likeness (QED) is 0.566. The lowest BCUT2D eigenvalue weighted by Crippen LogP contribution is -2.47. The molecule has 2 aromatic carbocycles. The molecule has 2 atom stereocenters. The van der Waals surface area contributed by atoms with Crippen molar-refractivity contribution in [3.8, 4) is 11.1 Å². The van der Waals surface area contributed by atoms with Gasteiger partial charge in [0.2, 0.25) is 5.91 Å². The molecule has 2 unspecified atom stereocenters. The lowest BCUT2D eigenvalue weighted by molar-refractivity contribution is -0.142. The second-order valence-corrected chi connectivity index (χ2v) is 9.44. The minimum Gasteiger partial charge on any atom is -0.481 e. The Morgan fingerprint density at radius 2 is 1.50 bits per heavy atom. The highest BCUT2D eigenvalue weighted by Crippen LogP contribution is 2.44. The van der Waals surface area contributed by atoms with E-state index in [1.54, 1.807) is 13.8 Å². The molecule has 0 aromatic heterocycles. The van der Waals surface area contributed by atoms with Gasteiger partial charge in [0.15, 0.2) is 0 Å². The van der Waals surface area contributed by atoms with Crippen molar-refractivity contribution in [1.82, 2.24) is 10.6 Å². The molecule has 0 bridgehead atoms. The van der Waals surface area contributed by atoms with Crippen LogP contribution in [0.5, 0.6) is 0 Å². The van der Waals surface area contributed by atoms with Crippen molar-refractivity contribution in [1.29, 1.82) is 0 Å². The number of ether oxygens (including phenoxy) is 1. The van der Waals surface area contributed by atoms with Crippen molar-refractivity contribution in [3.63, 3.8) is 0 Å². The Hall–Kier alpha value is -3.35. The minimum atomic E-state index is -0.765. The van der Waals surface area contributed by atoms with Crippen molar-refractivity contribution < 1.29 is 24.2 Å². The number of aliphatic carboxylic acids is 1. The first-order chi connectivity index (χ1) is 16.3. The van der Waals surface area contributed by atoms with Gasteiger partial charge in [-0.1, -0.05) is 55.5 Å². The van der Waals surface area contributed by atoms with Crippen LogP contribution in [0.3, 0.4) is 0 Å². The van der Waals surface area contributed by atoms with Crippen LogP contribution in [-0.4, -0.2) is 41.8 Å². The van der Waals surface area contributed by atoms with Gasteiger partial charge in [-0.3, -0.25) is 9.59 Å². The number of carbonyl (C=O) groups is 3. The Labute approximate surface area is 199 Å². The van der Waals surface area contributed by atoms with Crippen molar-refractivity contribution in [2.45, 2.75) is 57.5 Å². The normalized spacial score (nSPS) is 21.0. The number of carboxylic acids is 1. The number of benzene rings is 2. The van der Waals surface area contributed by atoms with Crippen LogP contribution in [0, 0.1) is 11.8 Å². The van der Waals surface area contributed by atoms with Crippen LogP contribution in [0.4, 0.5) is 4.79 Å².